The highest BCUT2D eigenvalue weighted by Crippen LogP contribution is 2.43. The smallest absolute Gasteiger partial charge is 0.295 e. The summed E-state index contributed by atoms with van der Waals surface area (Å²) in [6.07, 6.45) is 0. The van der Waals surface area contributed by atoms with E-state index in [1.165, 1.54) is 12.1 Å². The fourth-order valence-electron chi connectivity index (χ4n) is 4.75. The molecule has 0 amide bonds. The number of anilines is 1. The first-order chi connectivity index (χ1) is 17.6. The predicted octanol–water partition coefficient (Wildman–Crippen LogP) is 4.35. The number of benzene rings is 3. The second-order valence-electron chi connectivity index (χ2n) is 8.55. The molecule has 1 heterocycles. The van der Waals surface area contributed by atoms with E-state index in [4.69, 9.17) is 4.42 Å². The third-order valence-electron chi connectivity index (χ3n) is 6.64. The van der Waals surface area contributed by atoms with Crippen molar-refractivity contribution in [3.63, 3.8) is 0 Å². The fraction of sp³-hybridized carbons (Fsp3) is 0.296. The first-order valence-corrected chi connectivity index (χ1v) is 14.7. The Morgan fingerprint density at radius 1 is 0.946 bits per heavy atom. The van der Waals surface area contributed by atoms with Gasteiger partial charge in [-0.3, -0.25) is 8.76 Å². The molecule has 0 saturated heterocycles. The van der Waals surface area contributed by atoms with Crippen molar-refractivity contribution in [3.8, 4) is 22.5 Å². The lowest BCUT2D eigenvalue weighted by Crippen LogP contribution is -2.29. The monoisotopic (exact) mass is 542 g/mol. The quantitative estimate of drug-likeness (QED) is 0.152. The summed E-state index contributed by atoms with van der Waals surface area (Å²) < 4.78 is 66.6. The Kier molecular flexibility index (Phi) is 7.84. The maximum absolute atomic E-state index is 12.4. The molecule has 0 radical (unpaired) electrons. The topological polar surface area (TPSA) is 114 Å². The van der Waals surface area contributed by atoms with Crippen LogP contribution in [0.4, 0.5) is 5.69 Å². The first-order valence-electron chi connectivity index (χ1n) is 12.2. The summed E-state index contributed by atoms with van der Waals surface area (Å²) in [5, 5.41) is 1.60. The van der Waals surface area contributed by atoms with E-state index in [1.54, 1.807) is 0 Å². The summed E-state index contributed by atoms with van der Waals surface area (Å²) in [4.78, 5) is 1.45. The molecule has 0 bridgehead atoms. The first kappa shape index (κ1) is 27.0. The zero-order valence-electron chi connectivity index (χ0n) is 21.2. The second kappa shape index (κ2) is 10.7. The average molecular weight is 543 g/mol. The van der Waals surface area contributed by atoms with E-state index in [0.29, 0.717) is 27.9 Å². The SMILES string of the molecule is CCN(CC)c1ccc2c(-c3ccc(S(=O)[O-])cc3S(=O)(=O)O)c3ccc(=[N+](CC)CC)cc-3oc2c1. The van der Waals surface area contributed by atoms with Crippen LogP contribution in [0, 0.1) is 0 Å². The lowest BCUT2D eigenvalue weighted by Gasteiger charge is -2.22. The molecule has 0 saturated carbocycles. The highest BCUT2D eigenvalue weighted by atomic mass is 32.2. The Balaban J connectivity index is 2.18. The van der Waals surface area contributed by atoms with Gasteiger partial charge in [0, 0.05) is 57.9 Å². The van der Waals surface area contributed by atoms with Crippen molar-refractivity contribution >= 4 is 37.9 Å². The molecule has 1 N–H and O–H groups in total. The van der Waals surface area contributed by atoms with Crippen LogP contribution in [0.15, 0.2) is 68.8 Å². The van der Waals surface area contributed by atoms with Crippen molar-refractivity contribution < 1.29 is 26.1 Å². The average Bonchev–Trinajstić information content (AvgIpc) is 2.87. The highest BCUT2D eigenvalue weighted by molar-refractivity contribution is 7.86. The van der Waals surface area contributed by atoms with Crippen molar-refractivity contribution in [2.45, 2.75) is 37.5 Å². The van der Waals surface area contributed by atoms with Crippen molar-refractivity contribution in [1.29, 1.82) is 0 Å². The van der Waals surface area contributed by atoms with Crippen LogP contribution in [0.25, 0.3) is 33.4 Å². The van der Waals surface area contributed by atoms with Gasteiger partial charge in [0.25, 0.3) is 10.1 Å². The van der Waals surface area contributed by atoms with Crippen LogP contribution in [-0.4, -0.2) is 47.9 Å². The number of fused-ring (bicyclic) bond motifs is 2. The zero-order chi connectivity index (χ0) is 26.9. The molecule has 0 spiro atoms. The summed E-state index contributed by atoms with van der Waals surface area (Å²) in [5.41, 5.74) is 2.86. The second-order valence-corrected chi connectivity index (χ2v) is 10.9. The molecule has 1 aliphatic heterocycles. The Bertz CT molecular complexity index is 1630. The molecule has 4 rings (SSSR count). The summed E-state index contributed by atoms with van der Waals surface area (Å²) in [6.45, 7) is 11.5. The van der Waals surface area contributed by atoms with E-state index in [0.717, 1.165) is 43.3 Å². The largest absolute Gasteiger partial charge is 0.768 e. The molecule has 1 atom stereocenters. The Labute approximate surface area is 219 Å². The van der Waals surface area contributed by atoms with Gasteiger partial charge in [-0.05, 0) is 69.1 Å². The van der Waals surface area contributed by atoms with Crippen LogP contribution >= 0.6 is 0 Å². The molecule has 0 aromatic heterocycles. The van der Waals surface area contributed by atoms with Gasteiger partial charge in [-0.15, -0.1) is 0 Å². The van der Waals surface area contributed by atoms with Crippen molar-refractivity contribution in [1.82, 2.24) is 4.58 Å². The minimum Gasteiger partial charge on any atom is -0.768 e. The molecule has 2 aliphatic rings. The van der Waals surface area contributed by atoms with Crippen LogP contribution in [0.3, 0.4) is 0 Å². The van der Waals surface area contributed by atoms with Gasteiger partial charge in [0.15, 0.2) is 0 Å². The molecule has 37 heavy (non-hydrogen) atoms. The molecular formula is C27H30N2O6S2. The molecular weight excluding hydrogens is 512 g/mol. The number of hydrogen-bond acceptors (Lipinski definition) is 6. The molecule has 196 valence electrons. The number of hydrogen-bond donors (Lipinski definition) is 1. The van der Waals surface area contributed by atoms with Gasteiger partial charge in [-0.2, -0.15) is 8.42 Å². The van der Waals surface area contributed by atoms with Crippen LogP contribution < -0.4 is 14.8 Å². The summed E-state index contributed by atoms with van der Waals surface area (Å²) >= 11 is -2.67. The molecule has 2 aromatic carbocycles. The third kappa shape index (κ3) is 5.19. The van der Waals surface area contributed by atoms with Gasteiger partial charge in [0.05, 0.1) is 6.07 Å². The molecule has 10 heteroatoms. The van der Waals surface area contributed by atoms with E-state index >= 15 is 0 Å². The van der Waals surface area contributed by atoms with Crippen molar-refractivity contribution in [2.24, 2.45) is 0 Å². The van der Waals surface area contributed by atoms with Crippen LogP contribution in [0.1, 0.15) is 27.7 Å². The van der Waals surface area contributed by atoms with Gasteiger partial charge in [-0.1, -0.05) is 6.07 Å². The minimum atomic E-state index is -4.75. The lowest BCUT2D eigenvalue weighted by atomic mass is 9.93. The standard InChI is InChI=1S/C27H30N2O6S2/c1-5-28(6-2)18-9-12-21-24(15-18)35-25-16-19(29(7-3)8-4)10-13-22(25)27(21)23-14-11-20(36(30)31)17-26(23)37(32,33)34/h9-17H,5-8H2,1-4H3,(H-,30,31,32,33,34). The normalized spacial score (nSPS) is 12.7. The summed E-state index contributed by atoms with van der Waals surface area (Å²) in [5.74, 6) is 0.543. The molecule has 8 nitrogen and oxygen atoms in total. The van der Waals surface area contributed by atoms with Gasteiger partial charge in [0.2, 0.25) is 5.36 Å². The van der Waals surface area contributed by atoms with E-state index in [-0.39, 0.29) is 10.5 Å². The number of rotatable bonds is 8. The Hall–Kier alpha value is -3.05. The summed E-state index contributed by atoms with van der Waals surface area (Å²) in [6, 6.07) is 15.2. The molecule has 0 fully saturated rings. The van der Waals surface area contributed by atoms with Gasteiger partial charge < -0.3 is 13.9 Å². The van der Waals surface area contributed by atoms with E-state index < -0.39 is 26.1 Å². The van der Waals surface area contributed by atoms with Gasteiger partial charge >= 0.3 is 0 Å². The number of nitrogens with zero attached hydrogens (tertiary/aromatic N) is 2. The van der Waals surface area contributed by atoms with E-state index in [2.05, 4.69) is 37.2 Å². The van der Waals surface area contributed by atoms with Crippen molar-refractivity contribution in [3.05, 3.63) is 60.0 Å². The van der Waals surface area contributed by atoms with Gasteiger partial charge in [-0.25, -0.2) is 4.58 Å². The van der Waals surface area contributed by atoms with Gasteiger partial charge in [0.1, 0.15) is 29.3 Å². The fourth-order valence-corrected chi connectivity index (χ4v) is 5.95. The zero-order valence-corrected chi connectivity index (χ0v) is 22.9. The van der Waals surface area contributed by atoms with E-state index in [1.807, 2.05) is 36.4 Å². The third-order valence-corrected chi connectivity index (χ3v) is 8.17. The Morgan fingerprint density at radius 3 is 2.22 bits per heavy atom. The summed E-state index contributed by atoms with van der Waals surface area (Å²) in [7, 11) is -4.75. The minimum absolute atomic E-state index is 0.189. The molecule has 1 aliphatic carbocycles. The predicted molar refractivity (Wildman–Crippen MR) is 145 cm³/mol. The Morgan fingerprint density at radius 2 is 1.62 bits per heavy atom. The van der Waals surface area contributed by atoms with Crippen LogP contribution in [0.2, 0.25) is 0 Å². The highest BCUT2D eigenvalue weighted by Gasteiger charge is 2.25. The lowest BCUT2D eigenvalue weighted by molar-refractivity contribution is 0.483. The van der Waals surface area contributed by atoms with Crippen LogP contribution in [0.5, 0.6) is 0 Å². The maximum Gasteiger partial charge on any atom is 0.295 e. The maximum atomic E-state index is 12.4. The molecule has 2 aromatic rings. The van der Waals surface area contributed by atoms with Crippen LogP contribution in [-0.2, 0) is 21.2 Å². The van der Waals surface area contributed by atoms with Crippen molar-refractivity contribution in [2.75, 3.05) is 31.1 Å². The molecule has 1 unspecified atom stereocenters. The van der Waals surface area contributed by atoms with E-state index in [9.17, 15) is 21.7 Å².